The van der Waals surface area contributed by atoms with Crippen molar-refractivity contribution in [3.8, 4) is 0 Å². The summed E-state index contributed by atoms with van der Waals surface area (Å²) in [5.41, 5.74) is 0.517. The maximum atomic E-state index is 12.6. The van der Waals surface area contributed by atoms with E-state index in [0.29, 0.717) is 18.1 Å². The third kappa shape index (κ3) is 5.50. The Kier molecular flexibility index (Phi) is 7.37. The fourth-order valence-corrected chi connectivity index (χ4v) is 3.96. The number of nitrogens with zero attached hydrogens (tertiary/aromatic N) is 1. The Morgan fingerprint density at radius 3 is 2.44 bits per heavy atom. The number of ether oxygens (including phenoxy) is 1. The molecule has 1 fully saturated rings. The lowest BCUT2D eigenvalue weighted by Gasteiger charge is -2.32. The van der Waals surface area contributed by atoms with Gasteiger partial charge in [0.15, 0.2) is 0 Å². The number of nitrogens with one attached hydrogen (secondary N) is 2. The summed E-state index contributed by atoms with van der Waals surface area (Å²) in [6.07, 6.45) is 1.98. The van der Waals surface area contributed by atoms with E-state index < -0.39 is 10.0 Å². The van der Waals surface area contributed by atoms with E-state index >= 15 is 0 Å². The molecule has 2 N–H and O–H groups in total. The average Bonchev–Trinajstić information content (AvgIpc) is 2.62. The molecular weight excluding hydrogens is 342 g/mol. The fourth-order valence-electron chi connectivity index (χ4n) is 2.95. The lowest BCUT2D eigenvalue weighted by Crippen LogP contribution is -2.40. The van der Waals surface area contributed by atoms with E-state index in [1.54, 1.807) is 12.1 Å². The number of benzene rings is 1. The van der Waals surface area contributed by atoms with Crippen LogP contribution in [-0.4, -0.2) is 66.2 Å². The number of amides is 1. The van der Waals surface area contributed by atoms with Crippen molar-refractivity contribution in [3.63, 3.8) is 0 Å². The Hall–Kier alpha value is -1.48. The Labute approximate surface area is 149 Å². The van der Waals surface area contributed by atoms with Gasteiger partial charge < -0.3 is 15.0 Å². The molecule has 1 aromatic rings. The van der Waals surface area contributed by atoms with E-state index in [-0.39, 0.29) is 17.3 Å². The molecule has 0 atom stereocenters. The van der Waals surface area contributed by atoms with Crippen molar-refractivity contribution in [2.45, 2.75) is 17.7 Å². The van der Waals surface area contributed by atoms with E-state index in [0.717, 1.165) is 32.5 Å². The zero-order chi connectivity index (χ0) is 18.3. The van der Waals surface area contributed by atoms with E-state index in [9.17, 15) is 13.2 Å². The number of carbonyl (C=O) groups is 1. The van der Waals surface area contributed by atoms with Crippen molar-refractivity contribution >= 4 is 15.9 Å². The number of methoxy groups -OCH3 is 1. The molecule has 0 bridgehead atoms. The van der Waals surface area contributed by atoms with Crippen molar-refractivity contribution < 1.29 is 17.9 Å². The molecule has 0 unspecified atom stereocenters. The first kappa shape index (κ1) is 19.8. The Morgan fingerprint density at radius 2 is 1.88 bits per heavy atom. The molecule has 0 spiro atoms. The van der Waals surface area contributed by atoms with E-state index in [2.05, 4.69) is 10.0 Å². The maximum Gasteiger partial charge on any atom is 0.253 e. The second-order valence-electron chi connectivity index (χ2n) is 6.21. The Morgan fingerprint density at radius 1 is 1.24 bits per heavy atom. The highest BCUT2D eigenvalue weighted by atomic mass is 32.2. The number of likely N-dealkylation sites (tertiary alicyclic amines) is 1. The molecule has 140 valence electrons. The van der Waals surface area contributed by atoms with Crippen LogP contribution in [0.2, 0.25) is 0 Å². The highest BCUT2D eigenvalue weighted by Crippen LogP contribution is 2.19. The van der Waals surface area contributed by atoms with Gasteiger partial charge in [-0.25, -0.2) is 13.1 Å². The van der Waals surface area contributed by atoms with Gasteiger partial charge in [0.05, 0.1) is 11.5 Å². The summed E-state index contributed by atoms with van der Waals surface area (Å²) in [4.78, 5) is 14.6. The fraction of sp³-hybridized carbons (Fsp3) is 0.588. The van der Waals surface area contributed by atoms with Crippen LogP contribution in [0.3, 0.4) is 0 Å². The molecule has 1 aliphatic rings. The van der Waals surface area contributed by atoms with Crippen LogP contribution in [0.25, 0.3) is 0 Å². The molecule has 0 aliphatic carbocycles. The molecule has 1 aliphatic heterocycles. The largest absolute Gasteiger partial charge is 0.383 e. The number of carbonyl (C=O) groups excluding carboxylic acids is 1. The topological polar surface area (TPSA) is 87.7 Å². The summed E-state index contributed by atoms with van der Waals surface area (Å²) in [7, 11) is -0.123. The molecule has 25 heavy (non-hydrogen) atoms. The maximum absolute atomic E-state index is 12.6. The minimum absolute atomic E-state index is 0.0424. The summed E-state index contributed by atoms with van der Waals surface area (Å²) >= 11 is 0. The summed E-state index contributed by atoms with van der Waals surface area (Å²) in [6, 6.07) is 6.09. The second kappa shape index (κ2) is 9.28. The number of rotatable bonds is 8. The Balaban J connectivity index is 1.96. The smallest absolute Gasteiger partial charge is 0.253 e. The van der Waals surface area contributed by atoms with Crippen LogP contribution in [0.5, 0.6) is 0 Å². The number of hydrogen-bond donors (Lipinski definition) is 2. The highest BCUT2D eigenvalue weighted by molar-refractivity contribution is 7.89. The van der Waals surface area contributed by atoms with Crippen LogP contribution in [-0.2, 0) is 14.8 Å². The van der Waals surface area contributed by atoms with Crippen LogP contribution in [0.1, 0.15) is 23.2 Å². The molecule has 8 heteroatoms. The first-order valence-corrected chi connectivity index (χ1v) is 9.99. The number of hydrogen-bond acceptors (Lipinski definition) is 5. The van der Waals surface area contributed by atoms with Gasteiger partial charge in [-0.05, 0) is 56.6 Å². The minimum Gasteiger partial charge on any atom is -0.383 e. The van der Waals surface area contributed by atoms with Gasteiger partial charge in [-0.2, -0.15) is 0 Å². The number of piperidine rings is 1. The van der Waals surface area contributed by atoms with Crippen LogP contribution >= 0.6 is 0 Å². The van der Waals surface area contributed by atoms with Crippen molar-refractivity contribution in [3.05, 3.63) is 29.8 Å². The molecule has 1 aromatic carbocycles. The first-order chi connectivity index (χ1) is 12.0. The molecule has 2 rings (SSSR count). The van der Waals surface area contributed by atoms with E-state index in [1.165, 1.54) is 19.2 Å². The van der Waals surface area contributed by atoms with Crippen molar-refractivity contribution in [1.82, 2.24) is 14.9 Å². The van der Waals surface area contributed by atoms with Gasteiger partial charge in [-0.15, -0.1) is 0 Å². The molecule has 1 amide bonds. The van der Waals surface area contributed by atoms with Crippen LogP contribution < -0.4 is 10.0 Å². The van der Waals surface area contributed by atoms with Gasteiger partial charge in [0.1, 0.15) is 0 Å². The van der Waals surface area contributed by atoms with Crippen LogP contribution in [0, 0.1) is 5.92 Å². The SMILES string of the molecule is CNCC1CCN(C(=O)c2ccc(S(=O)(=O)NCCOC)cc2)CC1. The lowest BCUT2D eigenvalue weighted by molar-refractivity contribution is 0.0691. The predicted molar refractivity (Wildman–Crippen MR) is 96.1 cm³/mol. The lowest BCUT2D eigenvalue weighted by atomic mass is 9.96. The van der Waals surface area contributed by atoms with Gasteiger partial charge >= 0.3 is 0 Å². The quantitative estimate of drug-likeness (QED) is 0.658. The normalized spacial score (nSPS) is 16.2. The van der Waals surface area contributed by atoms with E-state index in [1.807, 2.05) is 11.9 Å². The summed E-state index contributed by atoms with van der Waals surface area (Å²) < 4.78 is 31.5. The van der Waals surface area contributed by atoms with Crippen molar-refractivity contribution in [2.24, 2.45) is 5.92 Å². The predicted octanol–water partition coefficient (Wildman–Crippen LogP) is 0.683. The standard InChI is InChI=1S/C17H27N3O4S/c1-18-13-14-7-10-20(11-8-14)17(21)15-3-5-16(6-4-15)25(22,23)19-9-12-24-2/h3-6,14,18-19H,7-13H2,1-2H3. The molecule has 0 aromatic heterocycles. The van der Waals surface area contributed by atoms with E-state index in [4.69, 9.17) is 4.74 Å². The second-order valence-corrected chi connectivity index (χ2v) is 7.98. The summed E-state index contributed by atoms with van der Waals surface area (Å²) in [5, 5.41) is 3.18. The summed E-state index contributed by atoms with van der Waals surface area (Å²) in [6.45, 7) is 2.97. The third-order valence-corrected chi connectivity index (χ3v) is 5.88. The van der Waals surface area contributed by atoms with Crippen molar-refractivity contribution in [1.29, 1.82) is 0 Å². The summed E-state index contributed by atoms with van der Waals surface area (Å²) in [5.74, 6) is 0.568. The third-order valence-electron chi connectivity index (χ3n) is 4.40. The molecule has 7 nitrogen and oxygen atoms in total. The molecule has 1 saturated heterocycles. The highest BCUT2D eigenvalue weighted by Gasteiger charge is 2.23. The zero-order valence-electron chi connectivity index (χ0n) is 14.8. The molecule has 1 heterocycles. The van der Waals surface area contributed by atoms with Gasteiger partial charge in [0.25, 0.3) is 5.91 Å². The van der Waals surface area contributed by atoms with Gasteiger partial charge in [-0.1, -0.05) is 0 Å². The molecule has 0 saturated carbocycles. The van der Waals surface area contributed by atoms with Crippen LogP contribution in [0.4, 0.5) is 0 Å². The minimum atomic E-state index is -3.58. The zero-order valence-corrected chi connectivity index (χ0v) is 15.6. The van der Waals surface area contributed by atoms with Gasteiger partial charge in [-0.3, -0.25) is 4.79 Å². The molecular formula is C17H27N3O4S. The van der Waals surface area contributed by atoms with Crippen molar-refractivity contribution in [2.75, 3.05) is 46.9 Å². The van der Waals surface area contributed by atoms with Gasteiger partial charge in [0.2, 0.25) is 10.0 Å². The monoisotopic (exact) mass is 369 g/mol. The first-order valence-electron chi connectivity index (χ1n) is 8.50. The van der Waals surface area contributed by atoms with Crippen LogP contribution in [0.15, 0.2) is 29.2 Å². The average molecular weight is 369 g/mol. The molecule has 0 radical (unpaired) electrons. The Bertz CT molecular complexity index is 653. The number of sulfonamides is 1. The van der Waals surface area contributed by atoms with Gasteiger partial charge in [0, 0.05) is 32.3 Å².